The first-order valence-electron chi connectivity index (χ1n) is 4.58. The van der Waals surface area contributed by atoms with E-state index in [4.69, 9.17) is 0 Å². The van der Waals surface area contributed by atoms with E-state index < -0.39 is 0 Å². The molecule has 1 aliphatic heterocycles. The second-order valence-electron chi connectivity index (χ2n) is 3.98. The Hall–Kier alpha value is -0.0400. The van der Waals surface area contributed by atoms with Crippen LogP contribution in [-0.4, -0.2) is 12.1 Å². The van der Waals surface area contributed by atoms with Crippen molar-refractivity contribution in [2.75, 3.05) is 6.54 Å². The molecule has 2 fully saturated rings. The normalized spacial score (nSPS) is 47.1. The van der Waals surface area contributed by atoms with E-state index in [1.54, 1.807) is 0 Å². The first kappa shape index (κ1) is 6.66. The van der Waals surface area contributed by atoms with Gasteiger partial charge in [-0.25, -0.2) is 0 Å². The molecule has 58 valence electrons. The van der Waals surface area contributed by atoms with Crippen LogP contribution in [0.1, 0.15) is 39.0 Å². The van der Waals surface area contributed by atoms with Gasteiger partial charge >= 0.3 is 0 Å². The van der Waals surface area contributed by atoms with Gasteiger partial charge in [0.2, 0.25) is 0 Å². The minimum atomic E-state index is 0.609. The van der Waals surface area contributed by atoms with Gasteiger partial charge in [0.25, 0.3) is 0 Å². The fraction of sp³-hybridized carbons (Fsp3) is 1.00. The van der Waals surface area contributed by atoms with Gasteiger partial charge in [-0.05, 0) is 38.1 Å². The second-order valence-corrected chi connectivity index (χ2v) is 3.98. The molecule has 0 radical (unpaired) electrons. The lowest BCUT2D eigenvalue weighted by molar-refractivity contribution is 0.0666. The SMILES string of the molecule is CC1CCC12CCCCN2. The molecule has 2 rings (SSSR count). The van der Waals surface area contributed by atoms with E-state index in [0.29, 0.717) is 5.54 Å². The summed E-state index contributed by atoms with van der Waals surface area (Å²) in [5, 5.41) is 3.68. The van der Waals surface area contributed by atoms with Gasteiger partial charge in [-0.15, -0.1) is 0 Å². The second kappa shape index (κ2) is 2.23. The molecule has 0 aromatic carbocycles. The van der Waals surface area contributed by atoms with Crippen molar-refractivity contribution < 1.29 is 0 Å². The van der Waals surface area contributed by atoms with Crippen molar-refractivity contribution in [3.63, 3.8) is 0 Å². The van der Waals surface area contributed by atoms with Crippen molar-refractivity contribution in [3.05, 3.63) is 0 Å². The molecule has 2 aliphatic rings. The van der Waals surface area contributed by atoms with Crippen molar-refractivity contribution in [2.24, 2.45) is 5.92 Å². The Balaban J connectivity index is 1.99. The van der Waals surface area contributed by atoms with Gasteiger partial charge in [-0.1, -0.05) is 13.3 Å². The lowest BCUT2D eigenvalue weighted by Gasteiger charge is -2.51. The largest absolute Gasteiger partial charge is 0.311 e. The molecule has 1 aliphatic carbocycles. The monoisotopic (exact) mass is 139 g/mol. The van der Waals surface area contributed by atoms with Gasteiger partial charge in [0, 0.05) is 5.54 Å². The van der Waals surface area contributed by atoms with E-state index >= 15 is 0 Å². The van der Waals surface area contributed by atoms with Gasteiger partial charge < -0.3 is 5.32 Å². The van der Waals surface area contributed by atoms with Crippen molar-refractivity contribution in [1.82, 2.24) is 5.32 Å². The van der Waals surface area contributed by atoms with Gasteiger partial charge in [-0.3, -0.25) is 0 Å². The minimum absolute atomic E-state index is 0.609. The first-order valence-corrected chi connectivity index (χ1v) is 4.58. The quantitative estimate of drug-likeness (QED) is 0.540. The molecule has 0 amide bonds. The Bertz CT molecular complexity index is 125. The van der Waals surface area contributed by atoms with Crippen LogP contribution >= 0.6 is 0 Å². The van der Waals surface area contributed by atoms with E-state index in [2.05, 4.69) is 12.2 Å². The molecule has 2 atom stereocenters. The van der Waals surface area contributed by atoms with Crippen molar-refractivity contribution in [2.45, 2.75) is 44.6 Å². The number of piperidine rings is 1. The van der Waals surface area contributed by atoms with E-state index in [-0.39, 0.29) is 0 Å². The Morgan fingerprint density at radius 1 is 1.30 bits per heavy atom. The van der Waals surface area contributed by atoms with Crippen molar-refractivity contribution in [1.29, 1.82) is 0 Å². The summed E-state index contributed by atoms with van der Waals surface area (Å²) < 4.78 is 0. The van der Waals surface area contributed by atoms with Crippen molar-refractivity contribution in [3.8, 4) is 0 Å². The highest BCUT2D eigenvalue weighted by Crippen LogP contribution is 2.43. The summed E-state index contributed by atoms with van der Waals surface area (Å²) in [6.45, 7) is 3.66. The summed E-state index contributed by atoms with van der Waals surface area (Å²) in [7, 11) is 0. The van der Waals surface area contributed by atoms with Crippen LogP contribution in [-0.2, 0) is 0 Å². The van der Waals surface area contributed by atoms with Crippen LogP contribution < -0.4 is 5.32 Å². The fourth-order valence-electron chi connectivity index (χ4n) is 2.41. The summed E-state index contributed by atoms with van der Waals surface area (Å²) in [5.74, 6) is 0.952. The molecule has 2 unspecified atom stereocenters. The van der Waals surface area contributed by atoms with Crippen LogP contribution in [0.15, 0.2) is 0 Å². The highest BCUT2D eigenvalue weighted by Gasteiger charge is 2.43. The fourth-order valence-corrected chi connectivity index (χ4v) is 2.41. The minimum Gasteiger partial charge on any atom is -0.311 e. The molecule has 1 saturated heterocycles. The highest BCUT2D eigenvalue weighted by atomic mass is 15.0. The Morgan fingerprint density at radius 2 is 2.20 bits per heavy atom. The van der Waals surface area contributed by atoms with Crippen molar-refractivity contribution >= 4 is 0 Å². The van der Waals surface area contributed by atoms with E-state index in [1.165, 1.54) is 38.6 Å². The zero-order chi connectivity index (χ0) is 7.03. The molecule has 10 heavy (non-hydrogen) atoms. The molecule has 1 heterocycles. The Labute approximate surface area is 63.2 Å². The predicted octanol–water partition coefficient (Wildman–Crippen LogP) is 1.93. The highest BCUT2D eigenvalue weighted by molar-refractivity contribution is 5.02. The topological polar surface area (TPSA) is 12.0 Å². The van der Waals surface area contributed by atoms with Crippen LogP contribution in [0.4, 0.5) is 0 Å². The van der Waals surface area contributed by atoms with Gasteiger partial charge in [0.05, 0.1) is 0 Å². The number of rotatable bonds is 0. The zero-order valence-electron chi connectivity index (χ0n) is 6.82. The summed E-state index contributed by atoms with van der Waals surface area (Å²) in [4.78, 5) is 0. The molecule has 0 aromatic heterocycles. The smallest absolute Gasteiger partial charge is 0.0207 e. The summed E-state index contributed by atoms with van der Waals surface area (Å²) in [6.07, 6.45) is 7.18. The molecule has 0 aromatic rings. The van der Waals surface area contributed by atoms with E-state index in [1.807, 2.05) is 0 Å². The molecule has 0 bridgehead atoms. The average molecular weight is 139 g/mol. The maximum atomic E-state index is 3.68. The first-order chi connectivity index (χ1) is 4.83. The standard InChI is InChI=1S/C9H17N/c1-8-4-6-9(8)5-2-3-7-10-9/h8,10H,2-7H2,1H3. The third-order valence-corrected chi connectivity index (χ3v) is 3.49. The van der Waals surface area contributed by atoms with Gasteiger partial charge in [-0.2, -0.15) is 0 Å². The van der Waals surface area contributed by atoms with Crippen LogP contribution in [0.5, 0.6) is 0 Å². The molecule has 1 nitrogen and oxygen atoms in total. The van der Waals surface area contributed by atoms with E-state index in [0.717, 1.165) is 5.92 Å². The molecule has 1 heteroatoms. The van der Waals surface area contributed by atoms with Crippen LogP contribution in [0.3, 0.4) is 0 Å². The van der Waals surface area contributed by atoms with Crippen LogP contribution in [0, 0.1) is 5.92 Å². The molecular weight excluding hydrogens is 122 g/mol. The predicted molar refractivity (Wildman–Crippen MR) is 43.0 cm³/mol. The summed E-state index contributed by atoms with van der Waals surface area (Å²) in [5.41, 5.74) is 0.609. The van der Waals surface area contributed by atoms with Gasteiger partial charge in [0.1, 0.15) is 0 Å². The third kappa shape index (κ3) is 0.800. The maximum Gasteiger partial charge on any atom is 0.0207 e. The van der Waals surface area contributed by atoms with E-state index in [9.17, 15) is 0 Å². The Morgan fingerprint density at radius 3 is 2.50 bits per heavy atom. The van der Waals surface area contributed by atoms with Crippen LogP contribution in [0.2, 0.25) is 0 Å². The third-order valence-electron chi connectivity index (χ3n) is 3.49. The summed E-state index contributed by atoms with van der Waals surface area (Å²) >= 11 is 0. The number of hydrogen-bond donors (Lipinski definition) is 1. The zero-order valence-corrected chi connectivity index (χ0v) is 6.82. The molecule has 1 N–H and O–H groups in total. The molecule has 1 spiro atoms. The van der Waals surface area contributed by atoms with Crippen LogP contribution in [0.25, 0.3) is 0 Å². The van der Waals surface area contributed by atoms with Gasteiger partial charge in [0.15, 0.2) is 0 Å². The number of hydrogen-bond acceptors (Lipinski definition) is 1. The maximum absolute atomic E-state index is 3.68. The molecule has 1 saturated carbocycles. The lowest BCUT2D eigenvalue weighted by Crippen LogP contribution is -2.59. The Kier molecular flexibility index (Phi) is 1.48. The molecular formula is C9H17N. The average Bonchev–Trinajstić information content (AvgIpc) is 2.04. The lowest BCUT2D eigenvalue weighted by atomic mass is 9.64. The number of nitrogens with one attached hydrogen (secondary N) is 1. The summed E-state index contributed by atoms with van der Waals surface area (Å²) in [6, 6.07) is 0.